The molecule has 0 saturated carbocycles. The smallest absolute Gasteiger partial charge is 0.305 e. The van der Waals surface area contributed by atoms with Gasteiger partial charge in [0, 0.05) is 12.6 Å². The summed E-state index contributed by atoms with van der Waals surface area (Å²) in [6.07, 6.45) is 2.74. The molecule has 3 heteroatoms. The molecule has 0 bridgehead atoms. The molecule has 1 rings (SSSR count). The van der Waals surface area contributed by atoms with Gasteiger partial charge in [-0.3, -0.25) is 4.79 Å². The number of hydrogen-bond acceptors (Lipinski definition) is 2. The van der Waals surface area contributed by atoms with Crippen LogP contribution in [0.2, 0.25) is 0 Å². The predicted molar refractivity (Wildman–Crippen MR) is 68.8 cm³/mol. The van der Waals surface area contributed by atoms with Crippen LogP contribution in [0.25, 0.3) is 0 Å². The van der Waals surface area contributed by atoms with Gasteiger partial charge in [0.05, 0.1) is 8.81 Å². The van der Waals surface area contributed by atoms with E-state index in [9.17, 15) is 4.79 Å². The number of carbonyl (C=O) groups excluding carboxylic acids is 1. The van der Waals surface area contributed by atoms with E-state index in [4.69, 9.17) is 4.52 Å². The summed E-state index contributed by atoms with van der Waals surface area (Å²) < 4.78 is 5.05. The molecule has 1 aromatic carbocycles. The number of allylic oxidation sites excluding steroid dienone is 1. The minimum absolute atomic E-state index is 0.181. The summed E-state index contributed by atoms with van der Waals surface area (Å²) >= 11 is 0. The topological polar surface area (TPSA) is 26.3 Å². The molecule has 0 fully saturated rings. The van der Waals surface area contributed by atoms with Crippen molar-refractivity contribution in [1.29, 1.82) is 0 Å². The third kappa shape index (κ3) is 3.79. The van der Waals surface area contributed by atoms with E-state index in [0.29, 0.717) is 0 Å². The monoisotopic (exact) mass is 236 g/mol. The van der Waals surface area contributed by atoms with Gasteiger partial charge in [-0.25, -0.2) is 0 Å². The highest BCUT2D eigenvalue weighted by Crippen LogP contribution is 2.36. The van der Waals surface area contributed by atoms with Crippen molar-refractivity contribution in [2.24, 2.45) is 0 Å². The van der Waals surface area contributed by atoms with Gasteiger partial charge in [0.1, 0.15) is 0 Å². The normalized spacial score (nSPS) is 12.6. The van der Waals surface area contributed by atoms with Gasteiger partial charge in [-0.1, -0.05) is 37.3 Å². The van der Waals surface area contributed by atoms with Gasteiger partial charge in [-0.15, -0.1) is 6.58 Å². The highest BCUT2D eigenvalue weighted by atomic mass is 31.1. The molecule has 0 aliphatic carbocycles. The van der Waals surface area contributed by atoms with Crippen LogP contribution in [0.5, 0.6) is 0 Å². The average Bonchev–Trinajstić information content (AvgIpc) is 2.27. The van der Waals surface area contributed by atoms with Crippen LogP contribution in [0, 0.1) is 0 Å². The zero-order valence-electron chi connectivity index (χ0n) is 9.69. The number of rotatable bonds is 5. The van der Waals surface area contributed by atoms with Crippen LogP contribution < -0.4 is 0 Å². The quantitative estimate of drug-likeness (QED) is 0.576. The summed E-state index contributed by atoms with van der Waals surface area (Å²) in [5.74, 6) is -0.216. The molecule has 2 atom stereocenters. The Morgan fingerprint density at radius 2 is 2.25 bits per heavy atom. The van der Waals surface area contributed by atoms with Gasteiger partial charge >= 0.3 is 5.97 Å². The lowest BCUT2D eigenvalue weighted by Gasteiger charge is -2.14. The SMILES string of the molecule is C=CCc1ccccc1C(C)POC(C)=O. The molecule has 0 saturated heterocycles. The van der Waals surface area contributed by atoms with Crippen LogP contribution in [-0.2, 0) is 15.7 Å². The fraction of sp³-hybridized carbons (Fsp3) is 0.308. The van der Waals surface area contributed by atoms with E-state index in [1.165, 1.54) is 18.1 Å². The lowest BCUT2D eigenvalue weighted by atomic mass is 10.0. The van der Waals surface area contributed by atoms with Crippen molar-refractivity contribution in [3.8, 4) is 0 Å². The number of hydrogen-bond donors (Lipinski definition) is 0. The zero-order valence-corrected chi connectivity index (χ0v) is 10.7. The third-order valence-electron chi connectivity index (χ3n) is 2.27. The molecule has 16 heavy (non-hydrogen) atoms. The van der Waals surface area contributed by atoms with Gasteiger partial charge in [0.25, 0.3) is 0 Å². The van der Waals surface area contributed by atoms with Crippen molar-refractivity contribution in [2.75, 3.05) is 0 Å². The maximum Gasteiger partial charge on any atom is 0.305 e. The van der Waals surface area contributed by atoms with E-state index >= 15 is 0 Å². The van der Waals surface area contributed by atoms with Crippen molar-refractivity contribution in [3.63, 3.8) is 0 Å². The van der Waals surface area contributed by atoms with Crippen LogP contribution >= 0.6 is 8.81 Å². The minimum atomic E-state index is -0.216. The Morgan fingerprint density at radius 1 is 1.56 bits per heavy atom. The summed E-state index contributed by atoms with van der Waals surface area (Å²) in [7, 11) is 0.181. The van der Waals surface area contributed by atoms with Crippen molar-refractivity contribution in [1.82, 2.24) is 0 Å². The highest BCUT2D eigenvalue weighted by Gasteiger charge is 2.11. The van der Waals surface area contributed by atoms with Gasteiger partial charge in [-0.05, 0) is 17.5 Å². The molecule has 0 spiro atoms. The molecule has 0 aliphatic rings. The molecular formula is C13H17O2P. The maximum absolute atomic E-state index is 10.8. The Kier molecular flexibility index (Phi) is 5.21. The molecule has 0 heterocycles. The molecule has 0 amide bonds. The summed E-state index contributed by atoms with van der Waals surface area (Å²) in [5.41, 5.74) is 2.74. The number of benzene rings is 1. The Hall–Kier alpha value is -1.14. The Morgan fingerprint density at radius 3 is 2.88 bits per heavy atom. The fourth-order valence-corrected chi connectivity index (χ4v) is 2.28. The highest BCUT2D eigenvalue weighted by molar-refractivity contribution is 7.33. The Balaban J connectivity index is 2.76. The molecule has 0 aromatic heterocycles. The first kappa shape index (κ1) is 12.9. The van der Waals surface area contributed by atoms with Gasteiger partial charge in [0.15, 0.2) is 0 Å². The molecule has 1 aromatic rings. The molecule has 86 valence electrons. The van der Waals surface area contributed by atoms with Crippen LogP contribution in [0.1, 0.15) is 30.6 Å². The van der Waals surface area contributed by atoms with E-state index in [2.05, 4.69) is 25.6 Å². The molecule has 0 N–H and O–H groups in total. The number of carbonyl (C=O) groups is 1. The second-order valence-corrected chi connectivity index (χ2v) is 4.93. The van der Waals surface area contributed by atoms with Gasteiger partial charge in [0.2, 0.25) is 0 Å². The molecular weight excluding hydrogens is 219 g/mol. The first-order valence-corrected chi connectivity index (χ1v) is 6.25. The van der Waals surface area contributed by atoms with E-state index in [-0.39, 0.29) is 20.4 Å². The van der Waals surface area contributed by atoms with Gasteiger partial charge in [-0.2, -0.15) is 0 Å². The van der Waals surface area contributed by atoms with Crippen molar-refractivity contribution in [3.05, 3.63) is 48.0 Å². The first-order valence-electron chi connectivity index (χ1n) is 5.26. The van der Waals surface area contributed by atoms with E-state index in [0.717, 1.165) is 6.42 Å². The lowest BCUT2D eigenvalue weighted by molar-refractivity contribution is -0.131. The molecule has 0 radical (unpaired) electrons. The van der Waals surface area contributed by atoms with Crippen LogP contribution in [0.15, 0.2) is 36.9 Å². The molecule has 2 nitrogen and oxygen atoms in total. The third-order valence-corrected chi connectivity index (χ3v) is 3.34. The van der Waals surface area contributed by atoms with E-state index < -0.39 is 0 Å². The van der Waals surface area contributed by atoms with E-state index in [1.807, 2.05) is 18.2 Å². The van der Waals surface area contributed by atoms with Crippen LogP contribution in [0.3, 0.4) is 0 Å². The predicted octanol–water partition coefficient (Wildman–Crippen LogP) is 3.63. The fourth-order valence-electron chi connectivity index (χ4n) is 1.53. The summed E-state index contributed by atoms with van der Waals surface area (Å²) in [6.45, 7) is 7.26. The second kappa shape index (κ2) is 6.44. The Bertz CT molecular complexity index is 374. The average molecular weight is 236 g/mol. The largest absolute Gasteiger partial charge is 0.448 e. The summed E-state index contributed by atoms with van der Waals surface area (Å²) in [5, 5.41) is 0. The van der Waals surface area contributed by atoms with Crippen molar-refractivity contribution >= 4 is 14.8 Å². The standard InChI is InChI=1S/C13H17O2P/c1-4-7-12-8-5-6-9-13(12)10(2)16-15-11(3)14/h4-6,8-10,16H,1,7H2,2-3H3. The maximum atomic E-state index is 10.8. The summed E-state index contributed by atoms with van der Waals surface area (Å²) in [6, 6.07) is 8.20. The van der Waals surface area contributed by atoms with Crippen molar-refractivity contribution < 1.29 is 9.32 Å². The lowest BCUT2D eigenvalue weighted by Crippen LogP contribution is -1.97. The van der Waals surface area contributed by atoms with Crippen LogP contribution in [-0.4, -0.2) is 5.97 Å². The second-order valence-electron chi connectivity index (χ2n) is 3.62. The first-order chi connectivity index (χ1) is 7.65. The van der Waals surface area contributed by atoms with Crippen LogP contribution in [0.4, 0.5) is 0 Å². The summed E-state index contributed by atoms with van der Waals surface area (Å²) in [4.78, 5) is 10.8. The molecule has 0 aliphatic heterocycles. The van der Waals surface area contributed by atoms with Crippen molar-refractivity contribution in [2.45, 2.75) is 25.9 Å². The molecule has 2 unspecified atom stereocenters. The minimum Gasteiger partial charge on any atom is -0.448 e. The van der Waals surface area contributed by atoms with E-state index in [1.54, 1.807) is 0 Å². The Labute approximate surface area is 98.6 Å². The zero-order chi connectivity index (χ0) is 12.0. The van der Waals surface area contributed by atoms with Gasteiger partial charge < -0.3 is 4.52 Å².